The quantitative estimate of drug-likeness (QED) is 0.0907. The summed E-state index contributed by atoms with van der Waals surface area (Å²) in [4.78, 5) is 4.05. The van der Waals surface area contributed by atoms with Gasteiger partial charge in [0.2, 0.25) is 0 Å². The highest BCUT2D eigenvalue weighted by Crippen LogP contribution is 2.60. The summed E-state index contributed by atoms with van der Waals surface area (Å²) in [7, 11) is 0. The molecule has 6 heteroatoms. The lowest BCUT2D eigenvalue weighted by atomic mass is 9.67. The number of nitrogens with zero attached hydrogens (tertiary/aromatic N) is 2. The zero-order valence-corrected chi connectivity index (χ0v) is 56.7. The molecule has 0 radical (unpaired) electrons. The summed E-state index contributed by atoms with van der Waals surface area (Å²) < 4.78 is 46.6. The molecule has 2 aliphatic rings. The zero-order chi connectivity index (χ0) is 69.9. The molecule has 0 heterocycles. The Morgan fingerprint density at radius 3 is 0.962 bits per heavy atom. The highest BCUT2D eigenvalue weighted by Gasteiger charge is 2.48. The van der Waals surface area contributed by atoms with E-state index in [2.05, 4.69) is 280 Å². The van der Waals surface area contributed by atoms with E-state index in [0.29, 0.717) is 22.9 Å². The molecule has 0 aromatic heterocycles. The fraction of sp³-hybridized carbons (Fsp3) is 0.0204. The van der Waals surface area contributed by atoms with Crippen molar-refractivity contribution < 1.29 is 18.3 Å². The van der Waals surface area contributed by atoms with Gasteiger partial charge in [-0.15, -0.1) is 0 Å². The maximum absolute atomic E-state index is 16.9. The summed E-state index contributed by atoms with van der Waals surface area (Å²) in [6.45, 7) is 7.84. The highest BCUT2D eigenvalue weighted by atomic mass is 19.1. The minimum atomic E-state index is -0.812. The number of ether oxygens (including phenoxy) is 2. The molecule has 0 saturated carbocycles. The summed E-state index contributed by atoms with van der Waals surface area (Å²) in [5, 5.41) is 4.55. The summed E-state index contributed by atoms with van der Waals surface area (Å²) in [6.07, 6.45) is 3.64. The van der Waals surface area contributed by atoms with Crippen molar-refractivity contribution in [3.8, 4) is 56.4 Å². The van der Waals surface area contributed by atoms with Crippen molar-refractivity contribution in [1.29, 1.82) is 0 Å². The van der Waals surface area contributed by atoms with Crippen molar-refractivity contribution >= 4 is 67.8 Å². The molecule has 0 spiro atoms. The molecule has 18 rings (SSSR count). The Morgan fingerprint density at radius 1 is 0.260 bits per heavy atom. The van der Waals surface area contributed by atoms with Crippen molar-refractivity contribution in [3.63, 3.8) is 0 Å². The molecule has 16 aromatic carbocycles. The second-order valence-corrected chi connectivity index (χ2v) is 26.6. The van der Waals surface area contributed by atoms with Gasteiger partial charge < -0.3 is 19.3 Å². The largest absolute Gasteiger partial charge is 0.457 e. The second kappa shape index (κ2) is 25.9. The van der Waals surface area contributed by atoms with E-state index < -0.39 is 10.8 Å². The third-order valence-corrected chi connectivity index (χ3v) is 21.0. The van der Waals surface area contributed by atoms with Crippen LogP contribution in [0.2, 0.25) is 0 Å². The molecule has 2 unspecified atom stereocenters. The minimum absolute atomic E-state index is 0.357. The fourth-order valence-corrected chi connectivity index (χ4v) is 16.1. The van der Waals surface area contributed by atoms with Crippen LogP contribution in [0.15, 0.2) is 377 Å². The SMILES string of the molecule is C=Cc1ccc(Oc2ccc(C3(c4ccc5ccccc5c4)c4ccccc4-c4ccc(N(c5ccc(-c6ccc(N(c7ccc8c(c7)C(c7ccc(Oc9ccc(C=C)cc9)cc7)(c7ccc9ccccc9c7)c7ccccc7-8)c7ccccc7F)cc6)cc5)c5ccccc5F)cc43)cc2)cc1. The van der Waals surface area contributed by atoms with Crippen LogP contribution in [0.3, 0.4) is 0 Å². The van der Waals surface area contributed by atoms with Crippen LogP contribution < -0.4 is 19.3 Å². The average molecular weight is 1340 g/mol. The topological polar surface area (TPSA) is 24.9 Å². The van der Waals surface area contributed by atoms with Gasteiger partial charge in [-0.25, -0.2) is 8.78 Å². The molecule has 4 nitrogen and oxygen atoms in total. The monoisotopic (exact) mass is 1340 g/mol. The third kappa shape index (κ3) is 10.6. The summed E-state index contributed by atoms with van der Waals surface area (Å²) >= 11 is 0. The Labute approximate surface area is 603 Å². The lowest BCUT2D eigenvalue weighted by Gasteiger charge is -2.35. The number of fused-ring (bicyclic) bond motifs is 8. The number of halogens is 2. The Morgan fingerprint density at radius 2 is 0.577 bits per heavy atom. The predicted octanol–water partition coefficient (Wildman–Crippen LogP) is 26.5. The van der Waals surface area contributed by atoms with Crippen molar-refractivity contribution in [1.82, 2.24) is 0 Å². The molecule has 0 aliphatic heterocycles. The smallest absolute Gasteiger partial charge is 0.147 e. The van der Waals surface area contributed by atoms with E-state index in [1.807, 2.05) is 94.7 Å². The van der Waals surface area contributed by atoms with Crippen LogP contribution >= 0.6 is 0 Å². The molecule has 16 aromatic rings. The summed E-state index contributed by atoms with van der Waals surface area (Å²) in [5.41, 5.74) is 19.5. The standard InChI is InChI=1S/C98H66F2N2O2/c1-3-65-29-51-81(52-30-65)103-83-55-41-73(42-56-83)97(75-39-33-67-17-5-7-19-71(67)61-75)89-23-11-9-21-85(89)87-59-49-79(63-91(87)97)101(95-27-15-13-25-93(95)99)77-45-35-69(36-46-77)70-37-47-78(48-38-70)102(96-28-16-14-26-94(96)100)80-50-60-88-86-22-10-12-24-90(86)98(92(88)64-80,76-40-34-68-18-6-8-20-72(68)62-76)74-43-57-84(58-44-74)104-82-53-31-66(4-2)32-54-82/h3-64H,1-2H2. The first-order valence-electron chi connectivity index (χ1n) is 35.0. The lowest BCUT2D eigenvalue weighted by molar-refractivity contribution is 0.482. The highest BCUT2D eigenvalue weighted by molar-refractivity contribution is 5.95. The number of hydrogen-bond donors (Lipinski definition) is 0. The van der Waals surface area contributed by atoms with E-state index in [0.717, 1.165) is 145 Å². The van der Waals surface area contributed by atoms with E-state index in [-0.39, 0.29) is 11.6 Å². The van der Waals surface area contributed by atoms with Gasteiger partial charge in [0.1, 0.15) is 34.6 Å². The number of rotatable bonds is 17. The molecule has 0 saturated heterocycles. The number of benzene rings is 16. The Kier molecular flexibility index (Phi) is 15.7. The fourth-order valence-electron chi connectivity index (χ4n) is 16.1. The molecule has 2 atom stereocenters. The van der Waals surface area contributed by atoms with Gasteiger partial charge in [-0.2, -0.15) is 0 Å². The van der Waals surface area contributed by atoms with Crippen LogP contribution in [0.1, 0.15) is 55.6 Å². The Hall–Kier alpha value is -13.4. The predicted molar refractivity (Wildman–Crippen MR) is 424 cm³/mol. The maximum atomic E-state index is 16.9. The molecule has 0 amide bonds. The van der Waals surface area contributed by atoms with E-state index >= 15 is 8.78 Å². The van der Waals surface area contributed by atoms with Gasteiger partial charge in [0, 0.05) is 22.7 Å². The molecular weight excluding hydrogens is 1280 g/mol. The van der Waals surface area contributed by atoms with Gasteiger partial charge in [-0.05, 0) is 244 Å². The van der Waals surface area contributed by atoms with Gasteiger partial charge in [0.25, 0.3) is 0 Å². The van der Waals surface area contributed by atoms with Crippen molar-refractivity contribution in [2.45, 2.75) is 10.8 Å². The van der Waals surface area contributed by atoms with Crippen LogP contribution in [-0.2, 0) is 10.8 Å². The lowest BCUT2D eigenvalue weighted by Crippen LogP contribution is -2.29. The molecule has 2 aliphatic carbocycles. The Bertz CT molecular complexity index is 5620. The van der Waals surface area contributed by atoms with Crippen LogP contribution in [0, 0.1) is 11.6 Å². The first kappa shape index (κ1) is 62.8. The van der Waals surface area contributed by atoms with Crippen LogP contribution in [0.5, 0.6) is 23.0 Å². The maximum Gasteiger partial charge on any atom is 0.147 e. The van der Waals surface area contributed by atoms with E-state index in [1.165, 1.54) is 12.1 Å². The van der Waals surface area contributed by atoms with Gasteiger partial charge in [-0.1, -0.05) is 256 Å². The first-order valence-corrected chi connectivity index (χ1v) is 35.0. The van der Waals surface area contributed by atoms with Gasteiger partial charge in [-0.3, -0.25) is 0 Å². The summed E-state index contributed by atoms with van der Waals surface area (Å²) in [5.74, 6) is 2.17. The molecule has 0 N–H and O–H groups in total. The Balaban J connectivity index is 0.725. The molecule has 0 bridgehead atoms. The van der Waals surface area contributed by atoms with Crippen LogP contribution in [-0.4, -0.2) is 0 Å². The van der Waals surface area contributed by atoms with Gasteiger partial charge >= 0.3 is 0 Å². The normalized spacial score (nSPS) is 14.6. The molecular formula is C98H66F2N2O2. The molecule has 494 valence electrons. The second-order valence-electron chi connectivity index (χ2n) is 26.6. The van der Waals surface area contributed by atoms with Crippen LogP contribution in [0.4, 0.5) is 42.9 Å². The van der Waals surface area contributed by atoms with Gasteiger partial charge in [0.15, 0.2) is 0 Å². The zero-order valence-electron chi connectivity index (χ0n) is 56.7. The summed E-state index contributed by atoms with van der Waals surface area (Å²) in [6, 6.07) is 125. The van der Waals surface area contributed by atoms with E-state index in [1.54, 1.807) is 12.1 Å². The third-order valence-electron chi connectivity index (χ3n) is 21.0. The van der Waals surface area contributed by atoms with E-state index in [9.17, 15) is 0 Å². The van der Waals surface area contributed by atoms with Crippen molar-refractivity contribution in [2.75, 3.05) is 9.80 Å². The van der Waals surface area contributed by atoms with Crippen LogP contribution in [0.25, 0.3) is 67.1 Å². The van der Waals surface area contributed by atoms with E-state index in [4.69, 9.17) is 9.47 Å². The minimum Gasteiger partial charge on any atom is -0.457 e. The number of hydrogen-bond acceptors (Lipinski definition) is 4. The van der Waals surface area contributed by atoms with Crippen molar-refractivity contribution in [3.05, 3.63) is 444 Å². The van der Waals surface area contributed by atoms with Crippen molar-refractivity contribution in [2.24, 2.45) is 0 Å². The first-order chi connectivity index (χ1) is 51.2. The molecule has 0 fully saturated rings. The molecule has 104 heavy (non-hydrogen) atoms. The number of anilines is 6. The average Bonchev–Trinajstić information content (AvgIpc) is 1.52. The number of para-hydroxylation sites is 2. The van der Waals surface area contributed by atoms with Gasteiger partial charge in [0.05, 0.1) is 22.2 Å².